The molecule has 1 aliphatic heterocycles. The third-order valence-corrected chi connectivity index (χ3v) is 5.73. The summed E-state index contributed by atoms with van der Waals surface area (Å²) in [5, 5.41) is 0.616. The van der Waals surface area contributed by atoms with E-state index in [0.29, 0.717) is 9.92 Å². The summed E-state index contributed by atoms with van der Waals surface area (Å²) in [6.07, 6.45) is 0. The minimum atomic E-state index is -3.27. The van der Waals surface area contributed by atoms with Gasteiger partial charge in [0.15, 0.2) is 9.84 Å². The van der Waals surface area contributed by atoms with Crippen LogP contribution in [0.4, 0.5) is 0 Å². The molecule has 1 aliphatic rings. The van der Waals surface area contributed by atoms with Crippen LogP contribution >= 0.6 is 11.6 Å². The van der Waals surface area contributed by atoms with Gasteiger partial charge in [-0.1, -0.05) is 35.4 Å². The summed E-state index contributed by atoms with van der Waals surface area (Å²) in [5.41, 5.74) is 4.51. The molecule has 0 saturated carbocycles. The van der Waals surface area contributed by atoms with E-state index in [9.17, 15) is 8.42 Å². The fourth-order valence-electron chi connectivity index (χ4n) is 2.56. The Bertz CT molecular complexity index is 792. The molecule has 2 aromatic carbocycles. The van der Waals surface area contributed by atoms with Crippen molar-refractivity contribution in [3.05, 3.63) is 52.0 Å². The van der Waals surface area contributed by atoms with Crippen molar-refractivity contribution in [2.24, 2.45) is 0 Å². The summed E-state index contributed by atoms with van der Waals surface area (Å²) < 4.78 is 24.7. The molecule has 0 fully saturated rings. The maximum absolute atomic E-state index is 12.4. The molecule has 1 heterocycles. The van der Waals surface area contributed by atoms with Crippen molar-refractivity contribution < 1.29 is 8.42 Å². The molecule has 4 heteroatoms. The summed E-state index contributed by atoms with van der Waals surface area (Å²) in [6, 6.07) is 9.21. The third-order valence-electron chi connectivity index (χ3n) is 3.63. The fourth-order valence-corrected chi connectivity index (χ4v) is 4.42. The van der Waals surface area contributed by atoms with Crippen LogP contribution in [0.3, 0.4) is 0 Å². The number of aryl methyl sites for hydroxylation is 1. The molecule has 0 unspecified atom stereocenters. The highest BCUT2D eigenvalue weighted by atomic mass is 35.5. The van der Waals surface area contributed by atoms with Gasteiger partial charge in [0.1, 0.15) is 0 Å². The van der Waals surface area contributed by atoms with Gasteiger partial charge in [-0.3, -0.25) is 0 Å². The van der Waals surface area contributed by atoms with Gasteiger partial charge in [-0.15, -0.1) is 0 Å². The molecule has 0 radical (unpaired) electrons. The van der Waals surface area contributed by atoms with Gasteiger partial charge in [-0.2, -0.15) is 0 Å². The average Bonchev–Trinajstić information content (AvgIpc) is 2.34. The van der Waals surface area contributed by atoms with Crippen molar-refractivity contribution in [1.29, 1.82) is 0 Å². The Labute approximate surface area is 118 Å². The van der Waals surface area contributed by atoms with Gasteiger partial charge >= 0.3 is 0 Å². The Morgan fingerprint density at radius 2 is 1.79 bits per heavy atom. The van der Waals surface area contributed by atoms with E-state index in [2.05, 4.69) is 0 Å². The van der Waals surface area contributed by atoms with Crippen LogP contribution in [0.15, 0.2) is 35.2 Å². The number of benzene rings is 2. The van der Waals surface area contributed by atoms with Crippen LogP contribution in [0, 0.1) is 13.8 Å². The predicted molar refractivity (Wildman–Crippen MR) is 77.3 cm³/mol. The van der Waals surface area contributed by atoms with Gasteiger partial charge < -0.3 is 0 Å². The highest BCUT2D eigenvalue weighted by Crippen LogP contribution is 2.41. The first-order chi connectivity index (χ1) is 8.90. The highest BCUT2D eigenvalue weighted by molar-refractivity contribution is 7.90. The third kappa shape index (κ3) is 1.88. The largest absolute Gasteiger partial charge is 0.223 e. The second kappa shape index (κ2) is 4.09. The highest BCUT2D eigenvalue weighted by Gasteiger charge is 2.29. The summed E-state index contributed by atoms with van der Waals surface area (Å²) in [4.78, 5) is 0.423. The normalized spacial score (nSPS) is 15.7. The quantitative estimate of drug-likeness (QED) is 0.738. The molecule has 0 atom stereocenters. The van der Waals surface area contributed by atoms with Gasteiger partial charge in [0, 0.05) is 10.6 Å². The first kappa shape index (κ1) is 12.7. The van der Waals surface area contributed by atoms with Crippen molar-refractivity contribution in [3.63, 3.8) is 0 Å². The summed E-state index contributed by atoms with van der Waals surface area (Å²) in [5.74, 6) is 0.0325. The van der Waals surface area contributed by atoms with Crippen LogP contribution in [-0.4, -0.2) is 8.42 Å². The number of hydrogen-bond acceptors (Lipinski definition) is 2. The molecule has 0 spiro atoms. The number of fused-ring (bicyclic) bond motifs is 3. The van der Waals surface area contributed by atoms with Gasteiger partial charge in [-0.05, 0) is 42.7 Å². The maximum Gasteiger partial charge on any atom is 0.183 e. The molecule has 98 valence electrons. The van der Waals surface area contributed by atoms with Crippen LogP contribution in [0.25, 0.3) is 11.1 Å². The molecule has 0 N–H and O–H groups in total. The monoisotopic (exact) mass is 292 g/mol. The van der Waals surface area contributed by atoms with Gasteiger partial charge in [-0.25, -0.2) is 8.42 Å². The lowest BCUT2D eigenvalue weighted by molar-refractivity contribution is 0.594. The second-order valence-electron chi connectivity index (χ2n) is 4.96. The lowest BCUT2D eigenvalue weighted by atomic mass is 9.95. The van der Waals surface area contributed by atoms with Gasteiger partial charge in [0.05, 0.1) is 10.6 Å². The van der Waals surface area contributed by atoms with E-state index in [0.717, 1.165) is 27.8 Å². The van der Waals surface area contributed by atoms with E-state index in [1.807, 2.05) is 38.1 Å². The molecule has 0 bridgehead atoms. The topological polar surface area (TPSA) is 34.1 Å². The predicted octanol–water partition coefficient (Wildman–Crippen LogP) is 3.91. The summed E-state index contributed by atoms with van der Waals surface area (Å²) in [6.45, 7) is 3.83. The fraction of sp³-hybridized carbons (Fsp3) is 0.200. The van der Waals surface area contributed by atoms with Crippen molar-refractivity contribution in [2.75, 3.05) is 0 Å². The molecule has 2 aromatic rings. The Morgan fingerprint density at radius 3 is 2.53 bits per heavy atom. The van der Waals surface area contributed by atoms with Crippen molar-refractivity contribution >= 4 is 21.4 Å². The van der Waals surface area contributed by atoms with Crippen molar-refractivity contribution in [2.45, 2.75) is 24.5 Å². The van der Waals surface area contributed by atoms with Crippen LogP contribution < -0.4 is 0 Å². The van der Waals surface area contributed by atoms with Gasteiger partial charge in [0.25, 0.3) is 0 Å². The molecule has 19 heavy (non-hydrogen) atoms. The first-order valence-corrected chi connectivity index (χ1v) is 8.05. The Morgan fingerprint density at radius 1 is 1.05 bits per heavy atom. The molecule has 3 rings (SSSR count). The SMILES string of the molecule is Cc1ccc2c(c1)-c1ccc(Cl)c(C)c1CS2(=O)=O. The van der Waals surface area contributed by atoms with E-state index < -0.39 is 9.84 Å². The second-order valence-corrected chi connectivity index (χ2v) is 7.32. The molecule has 0 amide bonds. The lowest BCUT2D eigenvalue weighted by Crippen LogP contribution is -2.14. The molecule has 0 aliphatic carbocycles. The zero-order chi connectivity index (χ0) is 13.8. The molecule has 0 saturated heterocycles. The average molecular weight is 293 g/mol. The minimum absolute atomic E-state index is 0.0325. The van der Waals surface area contributed by atoms with Crippen molar-refractivity contribution in [1.82, 2.24) is 0 Å². The maximum atomic E-state index is 12.4. The standard InChI is InChI=1S/C15H13ClO2S/c1-9-3-6-15-12(7-9)11-4-5-14(16)10(2)13(11)8-19(15,17)18/h3-7H,8H2,1-2H3. The lowest BCUT2D eigenvalue weighted by Gasteiger charge is -2.22. The number of sulfone groups is 1. The van der Waals surface area contributed by atoms with Crippen LogP contribution in [-0.2, 0) is 15.6 Å². The van der Waals surface area contributed by atoms with E-state index in [4.69, 9.17) is 11.6 Å². The van der Waals surface area contributed by atoms with E-state index in [-0.39, 0.29) is 5.75 Å². The minimum Gasteiger partial charge on any atom is -0.223 e. The molecule has 0 aromatic heterocycles. The summed E-state index contributed by atoms with van der Waals surface area (Å²) >= 11 is 6.10. The smallest absolute Gasteiger partial charge is 0.183 e. The molecular weight excluding hydrogens is 280 g/mol. The molecular formula is C15H13ClO2S. The molecule has 2 nitrogen and oxygen atoms in total. The number of hydrogen-bond donors (Lipinski definition) is 0. The van der Waals surface area contributed by atoms with Crippen molar-refractivity contribution in [3.8, 4) is 11.1 Å². The van der Waals surface area contributed by atoms with Crippen LogP contribution in [0.2, 0.25) is 5.02 Å². The van der Waals surface area contributed by atoms with E-state index in [1.54, 1.807) is 6.07 Å². The number of rotatable bonds is 0. The number of halogens is 1. The first-order valence-electron chi connectivity index (χ1n) is 6.02. The summed E-state index contributed by atoms with van der Waals surface area (Å²) in [7, 11) is -3.27. The zero-order valence-electron chi connectivity index (χ0n) is 10.7. The zero-order valence-corrected chi connectivity index (χ0v) is 12.3. The van der Waals surface area contributed by atoms with E-state index >= 15 is 0 Å². The Hall–Kier alpha value is -1.32. The van der Waals surface area contributed by atoms with E-state index in [1.165, 1.54) is 0 Å². The van der Waals surface area contributed by atoms with Crippen LogP contribution in [0.5, 0.6) is 0 Å². The van der Waals surface area contributed by atoms with Crippen LogP contribution in [0.1, 0.15) is 16.7 Å². The Kier molecular flexibility index (Phi) is 2.73. The Balaban J connectivity index is 2.44. The van der Waals surface area contributed by atoms with Gasteiger partial charge in [0.2, 0.25) is 0 Å².